The first-order chi connectivity index (χ1) is 12.7. The molecule has 0 spiro atoms. The van der Waals surface area contributed by atoms with Crippen molar-refractivity contribution in [1.29, 1.82) is 0 Å². The summed E-state index contributed by atoms with van der Waals surface area (Å²) in [5, 5.41) is 8.81. The number of carbonyl (C=O) groups is 2. The molecule has 1 fully saturated rings. The molecule has 26 heavy (non-hydrogen) atoms. The van der Waals surface area contributed by atoms with Crippen LogP contribution in [-0.4, -0.2) is 42.6 Å². The quantitative estimate of drug-likeness (QED) is 0.776. The van der Waals surface area contributed by atoms with Gasteiger partial charge in [0.1, 0.15) is 0 Å². The minimum atomic E-state index is -0.207. The van der Waals surface area contributed by atoms with E-state index in [2.05, 4.69) is 16.0 Å². The van der Waals surface area contributed by atoms with E-state index >= 15 is 0 Å². The lowest BCUT2D eigenvalue weighted by Crippen LogP contribution is -2.35. The van der Waals surface area contributed by atoms with Crippen LogP contribution in [0.1, 0.15) is 16.8 Å². The van der Waals surface area contributed by atoms with Crippen molar-refractivity contribution < 1.29 is 14.3 Å². The van der Waals surface area contributed by atoms with Crippen molar-refractivity contribution in [3.8, 4) is 0 Å². The minimum Gasteiger partial charge on any atom is -0.379 e. The maximum absolute atomic E-state index is 12.4. The van der Waals surface area contributed by atoms with Crippen molar-refractivity contribution in [3.05, 3.63) is 65.7 Å². The molecule has 7 nitrogen and oxygen atoms in total. The van der Waals surface area contributed by atoms with Gasteiger partial charge in [0.05, 0.1) is 19.2 Å². The van der Waals surface area contributed by atoms with E-state index in [-0.39, 0.29) is 18.0 Å². The van der Waals surface area contributed by atoms with Gasteiger partial charge in [-0.15, -0.1) is 0 Å². The second kappa shape index (κ2) is 7.05. The van der Waals surface area contributed by atoms with Gasteiger partial charge in [-0.3, -0.25) is 9.69 Å². The lowest BCUT2D eigenvalue weighted by molar-refractivity contribution is 0.0930. The Morgan fingerprint density at radius 1 is 1.23 bits per heavy atom. The van der Waals surface area contributed by atoms with Crippen LogP contribution in [0.5, 0.6) is 0 Å². The van der Waals surface area contributed by atoms with Crippen molar-refractivity contribution in [1.82, 2.24) is 15.5 Å². The van der Waals surface area contributed by atoms with Gasteiger partial charge in [0, 0.05) is 36.5 Å². The van der Waals surface area contributed by atoms with Crippen molar-refractivity contribution in [2.75, 3.05) is 25.1 Å². The van der Waals surface area contributed by atoms with E-state index in [1.54, 1.807) is 29.2 Å². The van der Waals surface area contributed by atoms with E-state index in [0.29, 0.717) is 31.0 Å². The standard InChI is InChI=1S/C19H20N4O3/c24-18(21-17-6-8-26-12-17)13-1-3-16(4-2-13)22-19(25)23-10-14-5-7-20-9-15(14)11-23/h1-5,7,9-10,17,20H,6,8,11-12H2,(H,21,24)(H,22,25)/t17-/m1/s1. The molecular weight excluding hydrogens is 332 g/mol. The normalized spacial score (nSPS) is 20.8. The van der Waals surface area contributed by atoms with Gasteiger partial charge < -0.3 is 20.7 Å². The third kappa shape index (κ3) is 3.48. The molecule has 1 aromatic carbocycles. The molecule has 1 atom stereocenters. The third-order valence-corrected chi connectivity index (χ3v) is 4.55. The molecule has 0 aliphatic carbocycles. The van der Waals surface area contributed by atoms with Crippen molar-refractivity contribution in [2.24, 2.45) is 0 Å². The fourth-order valence-electron chi connectivity index (χ4n) is 3.08. The number of carbonyl (C=O) groups excluding carboxylic acids is 2. The zero-order valence-electron chi connectivity index (χ0n) is 14.2. The number of nitrogens with one attached hydrogen (secondary N) is 3. The molecule has 4 rings (SSSR count). The summed E-state index contributed by atoms with van der Waals surface area (Å²) in [6, 6.07) is 6.74. The Labute approximate surface area is 151 Å². The molecular formula is C19H20N4O3. The van der Waals surface area contributed by atoms with Crippen LogP contribution in [0.25, 0.3) is 0 Å². The van der Waals surface area contributed by atoms with Crippen LogP contribution in [0.15, 0.2) is 60.1 Å². The van der Waals surface area contributed by atoms with Gasteiger partial charge in [-0.1, -0.05) is 0 Å². The molecule has 3 N–H and O–H groups in total. The van der Waals surface area contributed by atoms with E-state index < -0.39 is 0 Å². The number of fused-ring (bicyclic) bond motifs is 1. The average Bonchev–Trinajstić information content (AvgIpc) is 3.31. The van der Waals surface area contributed by atoms with Crippen LogP contribution in [0.4, 0.5) is 10.5 Å². The van der Waals surface area contributed by atoms with E-state index in [1.807, 2.05) is 24.7 Å². The summed E-state index contributed by atoms with van der Waals surface area (Å²) in [6.07, 6.45) is 8.32. The molecule has 0 aromatic heterocycles. The predicted octanol–water partition coefficient (Wildman–Crippen LogP) is 1.94. The minimum absolute atomic E-state index is 0.0754. The second-order valence-corrected chi connectivity index (χ2v) is 6.42. The molecule has 0 saturated carbocycles. The Morgan fingerprint density at radius 3 is 2.81 bits per heavy atom. The van der Waals surface area contributed by atoms with E-state index in [0.717, 1.165) is 17.6 Å². The Hall–Kier alpha value is -3.06. The molecule has 7 heteroatoms. The Bertz CT molecular complexity index is 805. The number of urea groups is 1. The van der Waals surface area contributed by atoms with Crippen LogP contribution < -0.4 is 16.0 Å². The van der Waals surface area contributed by atoms with Gasteiger partial charge in [0.15, 0.2) is 0 Å². The van der Waals surface area contributed by atoms with Crippen molar-refractivity contribution >= 4 is 17.6 Å². The Morgan fingerprint density at radius 2 is 2.08 bits per heavy atom. The van der Waals surface area contributed by atoms with Crippen molar-refractivity contribution in [2.45, 2.75) is 12.5 Å². The maximum Gasteiger partial charge on any atom is 0.326 e. The summed E-state index contributed by atoms with van der Waals surface area (Å²) in [6.45, 7) is 1.78. The number of allylic oxidation sites excluding steroid dienone is 1. The number of anilines is 1. The van der Waals surface area contributed by atoms with E-state index in [1.165, 1.54) is 0 Å². The highest BCUT2D eigenvalue weighted by Crippen LogP contribution is 2.24. The Kier molecular flexibility index (Phi) is 4.45. The van der Waals surface area contributed by atoms with Crippen LogP contribution in [0, 0.1) is 0 Å². The molecule has 3 aliphatic heterocycles. The van der Waals surface area contributed by atoms with Crippen LogP contribution >= 0.6 is 0 Å². The van der Waals surface area contributed by atoms with Gasteiger partial charge in [-0.2, -0.15) is 0 Å². The lowest BCUT2D eigenvalue weighted by Gasteiger charge is -2.15. The van der Waals surface area contributed by atoms with Gasteiger partial charge >= 0.3 is 6.03 Å². The average molecular weight is 352 g/mol. The summed E-state index contributed by atoms with van der Waals surface area (Å²) in [5.41, 5.74) is 3.31. The van der Waals surface area contributed by atoms with Gasteiger partial charge in [-0.25, -0.2) is 4.79 Å². The summed E-state index contributed by atoms with van der Waals surface area (Å²) >= 11 is 0. The number of rotatable bonds is 3. The summed E-state index contributed by atoms with van der Waals surface area (Å²) in [7, 11) is 0. The predicted molar refractivity (Wildman–Crippen MR) is 97.3 cm³/mol. The van der Waals surface area contributed by atoms with E-state index in [4.69, 9.17) is 4.74 Å². The monoisotopic (exact) mass is 352 g/mol. The fourth-order valence-corrected chi connectivity index (χ4v) is 3.08. The first-order valence-electron chi connectivity index (χ1n) is 8.59. The molecule has 3 aliphatic rings. The maximum atomic E-state index is 12.4. The fraction of sp³-hybridized carbons (Fsp3) is 0.263. The number of benzene rings is 1. The number of ether oxygens (including phenoxy) is 1. The first kappa shape index (κ1) is 16.4. The van der Waals surface area contributed by atoms with Crippen LogP contribution in [0.3, 0.4) is 0 Å². The van der Waals surface area contributed by atoms with Gasteiger partial charge in [0.25, 0.3) is 5.91 Å². The number of hydrogen-bond acceptors (Lipinski definition) is 4. The smallest absolute Gasteiger partial charge is 0.326 e. The summed E-state index contributed by atoms with van der Waals surface area (Å²) < 4.78 is 5.26. The molecule has 0 bridgehead atoms. The highest BCUT2D eigenvalue weighted by Gasteiger charge is 2.23. The van der Waals surface area contributed by atoms with Crippen molar-refractivity contribution in [3.63, 3.8) is 0 Å². The number of hydrogen-bond donors (Lipinski definition) is 3. The summed E-state index contributed by atoms with van der Waals surface area (Å²) in [4.78, 5) is 26.2. The number of dihydropyridines is 1. The Balaban J connectivity index is 1.35. The molecule has 1 aromatic rings. The number of nitrogens with zero attached hydrogens (tertiary/aromatic N) is 1. The second-order valence-electron chi connectivity index (χ2n) is 6.42. The zero-order chi connectivity index (χ0) is 17.9. The highest BCUT2D eigenvalue weighted by molar-refractivity contribution is 5.96. The third-order valence-electron chi connectivity index (χ3n) is 4.55. The first-order valence-corrected chi connectivity index (χ1v) is 8.59. The molecule has 3 amide bonds. The zero-order valence-corrected chi connectivity index (χ0v) is 14.2. The SMILES string of the molecule is O=C(N[C@@H]1CCOC1)c1ccc(NC(=O)N2C=C3C=CNC=C3C2)cc1. The van der Waals surface area contributed by atoms with E-state index in [9.17, 15) is 9.59 Å². The molecule has 0 unspecified atom stereocenters. The molecule has 1 saturated heterocycles. The highest BCUT2D eigenvalue weighted by atomic mass is 16.5. The van der Waals surface area contributed by atoms with Crippen LogP contribution in [0.2, 0.25) is 0 Å². The lowest BCUT2D eigenvalue weighted by atomic mass is 10.1. The van der Waals surface area contributed by atoms with Gasteiger partial charge in [0.2, 0.25) is 0 Å². The molecule has 3 heterocycles. The molecule has 134 valence electrons. The summed E-state index contributed by atoms with van der Waals surface area (Å²) in [5.74, 6) is -0.127. The number of amides is 3. The topological polar surface area (TPSA) is 82.7 Å². The molecule has 0 radical (unpaired) electrons. The van der Waals surface area contributed by atoms with Gasteiger partial charge in [-0.05, 0) is 47.9 Å². The largest absolute Gasteiger partial charge is 0.379 e. The van der Waals surface area contributed by atoms with Crippen LogP contribution in [-0.2, 0) is 4.74 Å².